The Bertz CT molecular complexity index is 615. The second-order valence-corrected chi connectivity index (χ2v) is 4.20. The van der Waals surface area contributed by atoms with Crippen molar-refractivity contribution in [2.24, 2.45) is 0 Å². The van der Waals surface area contributed by atoms with Crippen molar-refractivity contribution in [2.45, 2.75) is 13.5 Å². The summed E-state index contributed by atoms with van der Waals surface area (Å²) in [6.07, 6.45) is 0. The summed E-state index contributed by atoms with van der Waals surface area (Å²) in [7, 11) is 0. The molecule has 3 rings (SSSR count). The first kappa shape index (κ1) is 10.2. The number of rotatable bonds is 2. The minimum absolute atomic E-state index is 0.0679. The van der Waals surface area contributed by atoms with Gasteiger partial charge in [-0.15, -0.1) is 0 Å². The van der Waals surface area contributed by atoms with Crippen LogP contribution in [-0.2, 0) is 6.61 Å². The summed E-state index contributed by atoms with van der Waals surface area (Å²) in [5.41, 5.74) is 4.92. The molecule has 1 aromatic carbocycles. The Morgan fingerprint density at radius 2 is 1.94 bits per heavy atom. The fourth-order valence-corrected chi connectivity index (χ4v) is 1.97. The van der Waals surface area contributed by atoms with Crippen LogP contribution in [0.1, 0.15) is 11.3 Å². The molecule has 0 spiro atoms. The van der Waals surface area contributed by atoms with Crippen LogP contribution in [0.15, 0.2) is 40.8 Å². The first-order valence-corrected chi connectivity index (χ1v) is 5.55. The van der Waals surface area contributed by atoms with Crippen LogP contribution in [0.25, 0.3) is 22.4 Å². The molecule has 0 aliphatic carbocycles. The van der Waals surface area contributed by atoms with Crippen LogP contribution < -0.4 is 0 Å². The molecule has 3 nitrogen and oxygen atoms in total. The Morgan fingerprint density at radius 3 is 2.59 bits per heavy atom. The second-order valence-electron chi connectivity index (χ2n) is 4.20. The number of benzene rings is 1. The Labute approximate surface area is 98.7 Å². The number of nitrogens with one attached hydrogen (secondary N) is 1. The molecule has 0 amide bonds. The topological polar surface area (TPSA) is 49.2 Å². The van der Waals surface area contributed by atoms with Gasteiger partial charge in [-0.2, -0.15) is 0 Å². The van der Waals surface area contributed by atoms with E-state index in [0.29, 0.717) is 0 Å². The summed E-state index contributed by atoms with van der Waals surface area (Å²) >= 11 is 0. The molecular formula is C14H13NO2. The summed E-state index contributed by atoms with van der Waals surface area (Å²) in [6.45, 7) is 2.07. The van der Waals surface area contributed by atoms with E-state index in [1.165, 1.54) is 0 Å². The normalized spacial score (nSPS) is 11.2. The molecule has 17 heavy (non-hydrogen) atoms. The lowest BCUT2D eigenvalue weighted by molar-refractivity contribution is 0.282. The van der Waals surface area contributed by atoms with Crippen LogP contribution >= 0.6 is 0 Å². The number of fused-ring (bicyclic) bond motifs is 1. The van der Waals surface area contributed by atoms with Gasteiger partial charge in [0.1, 0.15) is 5.76 Å². The monoisotopic (exact) mass is 227 g/mol. The number of aliphatic hydroxyl groups excluding tert-OH is 1. The lowest BCUT2D eigenvalue weighted by Gasteiger charge is -1.98. The Kier molecular flexibility index (Phi) is 2.27. The standard InChI is InChI=1S/C14H13NO2/c1-9-6-14-12(15-9)7-13(17-14)11-4-2-10(8-16)3-5-11/h2-7,15-16H,8H2,1H3. The van der Waals surface area contributed by atoms with Gasteiger partial charge in [-0.25, -0.2) is 0 Å². The maximum Gasteiger partial charge on any atom is 0.152 e. The van der Waals surface area contributed by atoms with E-state index in [1.54, 1.807) is 0 Å². The van der Waals surface area contributed by atoms with E-state index >= 15 is 0 Å². The average molecular weight is 227 g/mol. The van der Waals surface area contributed by atoms with Crippen molar-refractivity contribution in [1.82, 2.24) is 4.98 Å². The highest BCUT2D eigenvalue weighted by Gasteiger charge is 2.07. The van der Waals surface area contributed by atoms with Gasteiger partial charge in [-0.05, 0) is 12.5 Å². The molecule has 2 heterocycles. The second kappa shape index (κ2) is 3.79. The highest BCUT2D eigenvalue weighted by molar-refractivity contribution is 5.80. The minimum Gasteiger partial charge on any atom is -0.454 e. The molecule has 0 radical (unpaired) electrons. The third kappa shape index (κ3) is 1.74. The number of furan rings is 1. The SMILES string of the molecule is Cc1cc2oc(-c3ccc(CO)cc3)cc2[nH]1. The van der Waals surface area contributed by atoms with Crippen molar-refractivity contribution in [3.63, 3.8) is 0 Å². The third-order valence-corrected chi connectivity index (χ3v) is 2.86. The minimum atomic E-state index is 0.0679. The van der Waals surface area contributed by atoms with Gasteiger partial charge in [0.25, 0.3) is 0 Å². The molecule has 0 saturated heterocycles. The van der Waals surface area contributed by atoms with E-state index in [0.717, 1.165) is 33.7 Å². The predicted molar refractivity (Wildman–Crippen MR) is 66.7 cm³/mol. The molecule has 2 N–H and O–H groups in total. The Morgan fingerprint density at radius 1 is 1.18 bits per heavy atom. The summed E-state index contributed by atoms with van der Waals surface area (Å²) < 4.78 is 5.75. The van der Waals surface area contributed by atoms with E-state index in [4.69, 9.17) is 9.52 Å². The molecule has 3 aromatic rings. The molecule has 0 bridgehead atoms. The maximum absolute atomic E-state index is 8.98. The molecule has 2 aromatic heterocycles. The van der Waals surface area contributed by atoms with Gasteiger partial charge in [0.15, 0.2) is 5.58 Å². The molecule has 0 atom stereocenters. The van der Waals surface area contributed by atoms with Gasteiger partial charge < -0.3 is 14.5 Å². The van der Waals surface area contributed by atoms with E-state index in [1.807, 2.05) is 43.3 Å². The molecule has 0 aliphatic heterocycles. The lowest BCUT2D eigenvalue weighted by atomic mass is 10.1. The summed E-state index contributed by atoms with van der Waals surface area (Å²) in [4.78, 5) is 3.24. The van der Waals surface area contributed by atoms with Crippen LogP contribution in [-0.4, -0.2) is 10.1 Å². The van der Waals surface area contributed by atoms with Crippen molar-refractivity contribution in [3.05, 3.63) is 47.7 Å². The molecule has 0 unspecified atom stereocenters. The fraction of sp³-hybridized carbons (Fsp3) is 0.143. The zero-order valence-corrected chi connectivity index (χ0v) is 9.53. The zero-order chi connectivity index (χ0) is 11.8. The smallest absolute Gasteiger partial charge is 0.152 e. The third-order valence-electron chi connectivity index (χ3n) is 2.86. The number of aliphatic hydroxyl groups is 1. The number of aromatic nitrogens is 1. The van der Waals surface area contributed by atoms with Crippen molar-refractivity contribution >= 4 is 11.1 Å². The number of hydrogen-bond donors (Lipinski definition) is 2. The van der Waals surface area contributed by atoms with Gasteiger partial charge in [0.2, 0.25) is 0 Å². The van der Waals surface area contributed by atoms with Crippen LogP contribution in [0.2, 0.25) is 0 Å². The first-order valence-electron chi connectivity index (χ1n) is 5.55. The van der Waals surface area contributed by atoms with Crippen LogP contribution in [0, 0.1) is 6.92 Å². The molecule has 86 valence electrons. The quantitative estimate of drug-likeness (QED) is 0.706. The van der Waals surface area contributed by atoms with Crippen molar-refractivity contribution in [1.29, 1.82) is 0 Å². The first-order chi connectivity index (χ1) is 8.26. The number of H-pyrrole nitrogens is 1. The lowest BCUT2D eigenvalue weighted by Crippen LogP contribution is -1.81. The molecular weight excluding hydrogens is 214 g/mol. The summed E-state index contributed by atoms with van der Waals surface area (Å²) in [5, 5.41) is 8.98. The number of hydrogen-bond acceptors (Lipinski definition) is 2. The predicted octanol–water partition coefficient (Wildman–Crippen LogP) is 3.23. The molecule has 0 aliphatic rings. The van der Waals surface area contributed by atoms with Crippen molar-refractivity contribution < 1.29 is 9.52 Å². The van der Waals surface area contributed by atoms with Gasteiger partial charge in [0.05, 0.1) is 12.1 Å². The van der Waals surface area contributed by atoms with Crippen molar-refractivity contribution in [3.8, 4) is 11.3 Å². The highest BCUT2D eigenvalue weighted by atomic mass is 16.3. The number of aromatic amines is 1. The van der Waals surface area contributed by atoms with E-state index in [-0.39, 0.29) is 6.61 Å². The van der Waals surface area contributed by atoms with Crippen LogP contribution in [0.5, 0.6) is 0 Å². The maximum atomic E-state index is 8.98. The zero-order valence-electron chi connectivity index (χ0n) is 9.53. The average Bonchev–Trinajstić information content (AvgIpc) is 2.86. The van der Waals surface area contributed by atoms with Gasteiger partial charge >= 0.3 is 0 Å². The van der Waals surface area contributed by atoms with E-state index in [2.05, 4.69) is 4.98 Å². The van der Waals surface area contributed by atoms with Gasteiger partial charge in [0, 0.05) is 23.4 Å². The summed E-state index contributed by atoms with van der Waals surface area (Å²) in [6, 6.07) is 11.7. The van der Waals surface area contributed by atoms with Crippen LogP contribution in [0.3, 0.4) is 0 Å². The Balaban J connectivity index is 2.04. The Hall–Kier alpha value is -2.00. The van der Waals surface area contributed by atoms with Crippen LogP contribution in [0.4, 0.5) is 0 Å². The van der Waals surface area contributed by atoms with E-state index < -0.39 is 0 Å². The van der Waals surface area contributed by atoms with Gasteiger partial charge in [-0.1, -0.05) is 24.3 Å². The highest BCUT2D eigenvalue weighted by Crippen LogP contribution is 2.28. The number of aryl methyl sites for hydroxylation is 1. The summed E-state index contributed by atoms with van der Waals surface area (Å²) in [5.74, 6) is 0.843. The van der Waals surface area contributed by atoms with Gasteiger partial charge in [-0.3, -0.25) is 0 Å². The molecule has 3 heteroatoms. The van der Waals surface area contributed by atoms with E-state index in [9.17, 15) is 0 Å². The van der Waals surface area contributed by atoms with Crippen molar-refractivity contribution in [2.75, 3.05) is 0 Å². The molecule has 0 fully saturated rings. The fourth-order valence-electron chi connectivity index (χ4n) is 1.97. The molecule has 0 saturated carbocycles. The largest absolute Gasteiger partial charge is 0.454 e.